The Morgan fingerprint density at radius 1 is 0.973 bits per heavy atom. The van der Waals surface area contributed by atoms with E-state index in [4.69, 9.17) is 4.74 Å². The number of Topliss-reactive ketones (excluding diaryl/α,β-unsaturated/α-hetero) is 1. The number of aliphatic hydroxyl groups is 1. The summed E-state index contributed by atoms with van der Waals surface area (Å²) in [5.41, 5.74) is -0.373. The summed E-state index contributed by atoms with van der Waals surface area (Å²) in [6.07, 6.45) is 2.50. The Morgan fingerprint density at radius 3 is 2.32 bits per heavy atom. The van der Waals surface area contributed by atoms with Crippen LogP contribution >= 0.6 is 0 Å². The number of aliphatic hydroxyl groups excluding tert-OH is 1. The number of rotatable bonds is 10. The molecule has 2 aromatic rings. The number of anilines is 1. The molecule has 1 N–H and O–H groups in total. The average molecular weight is 506 g/mol. The van der Waals surface area contributed by atoms with Crippen molar-refractivity contribution in [1.82, 2.24) is 9.80 Å². The molecular weight excluding hydrogens is 470 g/mol. The van der Waals surface area contributed by atoms with Crippen LogP contribution < -0.4 is 9.64 Å². The number of benzene rings is 2. The number of ketones is 1. The number of likely N-dealkylation sites (N-methyl/N-ethyl adjacent to an activating group) is 1. The van der Waals surface area contributed by atoms with Crippen LogP contribution in [-0.4, -0.2) is 72.8 Å². The van der Waals surface area contributed by atoms with E-state index in [-0.39, 0.29) is 23.8 Å². The monoisotopic (exact) mass is 505 g/mol. The van der Waals surface area contributed by atoms with Gasteiger partial charge in [0.15, 0.2) is 5.54 Å². The topological polar surface area (TPSA) is 90.4 Å². The maximum absolute atomic E-state index is 14.4. The SMILES string of the molecule is CCCCN1C(=O)C2(C(=C(O)c3ccc(OCCC)cc3)C(=O)C(=O)N2CCN(C)C)c2ccccc21. The highest BCUT2D eigenvalue weighted by atomic mass is 16.5. The Labute approximate surface area is 218 Å². The van der Waals surface area contributed by atoms with Crippen molar-refractivity contribution in [1.29, 1.82) is 0 Å². The molecule has 1 atom stereocenters. The molecule has 0 saturated carbocycles. The molecule has 2 heterocycles. The van der Waals surface area contributed by atoms with E-state index in [2.05, 4.69) is 0 Å². The third-order valence-electron chi connectivity index (χ3n) is 6.92. The lowest BCUT2D eigenvalue weighted by Crippen LogP contribution is -2.53. The number of unbranched alkanes of at least 4 members (excludes halogenated alkanes) is 1. The molecule has 1 fully saturated rings. The molecule has 2 aliphatic heterocycles. The first kappa shape index (κ1) is 26.4. The lowest BCUT2D eigenvalue weighted by Gasteiger charge is -2.35. The second-order valence-corrected chi connectivity index (χ2v) is 9.72. The zero-order valence-corrected chi connectivity index (χ0v) is 22.0. The Bertz CT molecular complexity index is 1220. The summed E-state index contributed by atoms with van der Waals surface area (Å²) < 4.78 is 5.64. The van der Waals surface area contributed by atoms with Crippen molar-refractivity contribution in [3.8, 4) is 5.75 Å². The number of likely N-dealkylation sites (tertiary alicyclic amines) is 1. The summed E-state index contributed by atoms with van der Waals surface area (Å²) in [7, 11) is 3.73. The predicted molar refractivity (Wildman–Crippen MR) is 142 cm³/mol. The zero-order valence-electron chi connectivity index (χ0n) is 22.0. The van der Waals surface area contributed by atoms with Gasteiger partial charge >= 0.3 is 0 Å². The molecule has 8 nitrogen and oxygen atoms in total. The van der Waals surface area contributed by atoms with Crippen molar-refractivity contribution in [2.75, 3.05) is 45.2 Å². The van der Waals surface area contributed by atoms with E-state index >= 15 is 0 Å². The highest BCUT2D eigenvalue weighted by molar-refractivity contribution is 6.50. The first-order valence-electron chi connectivity index (χ1n) is 12.9. The van der Waals surface area contributed by atoms with Crippen LogP contribution in [0, 0.1) is 0 Å². The summed E-state index contributed by atoms with van der Waals surface area (Å²) in [5.74, 6) is -1.76. The van der Waals surface area contributed by atoms with Gasteiger partial charge in [-0.2, -0.15) is 0 Å². The van der Waals surface area contributed by atoms with E-state index in [0.29, 0.717) is 42.3 Å². The second kappa shape index (κ2) is 10.8. The third-order valence-corrected chi connectivity index (χ3v) is 6.92. The number of nitrogens with zero attached hydrogens (tertiary/aromatic N) is 3. The van der Waals surface area contributed by atoms with E-state index in [1.54, 1.807) is 41.3 Å². The molecule has 2 aliphatic rings. The van der Waals surface area contributed by atoms with Gasteiger partial charge in [-0.05, 0) is 57.3 Å². The Morgan fingerprint density at radius 2 is 1.68 bits per heavy atom. The summed E-state index contributed by atoms with van der Waals surface area (Å²) in [4.78, 5) is 46.4. The van der Waals surface area contributed by atoms with Gasteiger partial charge < -0.3 is 24.5 Å². The number of amides is 2. The van der Waals surface area contributed by atoms with E-state index in [1.807, 2.05) is 45.0 Å². The van der Waals surface area contributed by atoms with Gasteiger partial charge in [0.2, 0.25) is 0 Å². The molecule has 1 spiro atoms. The number of para-hydroxylation sites is 1. The fraction of sp³-hybridized carbons (Fsp3) is 0.414. The molecule has 1 saturated heterocycles. The first-order chi connectivity index (χ1) is 17.8. The van der Waals surface area contributed by atoms with Gasteiger partial charge in [0.1, 0.15) is 11.5 Å². The van der Waals surface area contributed by atoms with Crippen molar-refractivity contribution in [3.05, 3.63) is 65.2 Å². The molecule has 2 aromatic carbocycles. The van der Waals surface area contributed by atoms with E-state index in [1.165, 1.54) is 4.90 Å². The van der Waals surface area contributed by atoms with Crippen molar-refractivity contribution in [2.45, 2.75) is 38.6 Å². The number of ether oxygens (including phenoxy) is 1. The van der Waals surface area contributed by atoms with Crippen LogP contribution in [0.2, 0.25) is 0 Å². The van der Waals surface area contributed by atoms with Crippen LogP contribution in [-0.2, 0) is 19.9 Å². The van der Waals surface area contributed by atoms with Gasteiger partial charge in [-0.25, -0.2) is 0 Å². The summed E-state index contributed by atoms with van der Waals surface area (Å²) in [5, 5.41) is 11.6. The van der Waals surface area contributed by atoms with E-state index in [0.717, 1.165) is 19.3 Å². The average Bonchev–Trinajstić information content (AvgIpc) is 3.27. The minimum absolute atomic E-state index is 0.153. The number of carbonyl (C=O) groups excluding carboxylic acids is 3. The van der Waals surface area contributed by atoms with Crippen molar-refractivity contribution < 1.29 is 24.2 Å². The highest BCUT2D eigenvalue weighted by Crippen LogP contribution is 2.53. The fourth-order valence-corrected chi connectivity index (χ4v) is 5.08. The summed E-state index contributed by atoms with van der Waals surface area (Å²) in [6, 6.07) is 13.9. The quantitative estimate of drug-likeness (QED) is 0.300. The van der Waals surface area contributed by atoms with Crippen LogP contribution in [0.3, 0.4) is 0 Å². The van der Waals surface area contributed by atoms with Gasteiger partial charge in [-0.15, -0.1) is 0 Å². The van der Waals surface area contributed by atoms with Gasteiger partial charge in [-0.3, -0.25) is 14.4 Å². The molecule has 0 radical (unpaired) electrons. The smallest absolute Gasteiger partial charge is 0.296 e. The van der Waals surface area contributed by atoms with Crippen molar-refractivity contribution in [3.63, 3.8) is 0 Å². The maximum Gasteiger partial charge on any atom is 0.296 e. The number of carbonyl (C=O) groups is 3. The Hall–Kier alpha value is -3.65. The Balaban J connectivity index is 1.93. The van der Waals surface area contributed by atoms with E-state index in [9.17, 15) is 19.5 Å². The van der Waals surface area contributed by atoms with Gasteiger partial charge in [-0.1, -0.05) is 38.5 Å². The van der Waals surface area contributed by atoms with Gasteiger partial charge in [0.05, 0.1) is 17.9 Å². The Kier molecular flexibility index (Phi) is 7.68. The molecule has 0 aromatic heterocycles. The van der Waals surface area contributed by atoms with E-state index < -0.39 is 17.2 Å². The highest BCUT2D eigenvalue weighted by Gasteiger charge is 2.66. The lowest BCUT2D eigenvalue weighted by atomic mass is 9.82. The normalized spacial score (nSPS) is 20.4. The van der Waals surface area contributed by atoms with Crippen LogP contribution in [0.5, 0.6) is 5.75 Å². The first-order valence-corrected chi connectivity index (χ1v) is 12.9. The summed E-state index contributed by atoms with van der Waals surface area (Å²) >= 11 is 0. The molecule has 0 bridgehead atoms. The molecule has 4 rings (SSSR count). The van der Waals surface area contributed by atoms with Crippen LogP contribution in [0.15, 0.2) is 54.1 Å². The number of hydrogen-bond donors (Lipinski definition) is 1. The predicted octanol–water partition coefficient (Wildman–Crippen LogP) is 3.76. The molecule has 37 heavy (non-hydrogen) atoms. The zero-order chi connectivity index (χ0) is 26.7. The minimum atomic E-state index is -1.73. The second-order valence-electron chi connectivity index (χ2n) is 9.72. The minimum Gasteiger partial charge on any atom is -0.507 e. The largest absolute Gasteiger partial charge is 0.507 e. The van der Waals surface area contributed by atoms with Crippen LogP contribution in [0.1, 0.15) is 44.2 Å². The van der Waals surface area contributed by atoms with Crippen LogP contribution in [0.25, 0.3) is 5.76 Å². The number of hydrogen-bond acceptors (Lipinski definition) is 6. The van der Waals surface area contributed by atoms with Crippen LogP contribution in [0.4, 0.5) is 5.69 Å². The molecule has 0 aliphatic carbocycles. The third kappa shape index (κ3) is 4.39. The van der Waals surface area contributed by atoms with Gasteiger partial charge in [0.25, 0.3) is 17.6 Å². The molecule has 196 valence electrons. The lowest BCUT2D eigenvalue weighted by molar-refractivity contribution is -0.143. The van der Waals surface area contributed by atoms with Crippen molar-refractivity contribution in [2.24, 2.45) is 0 Å². The molecule has 1 unspecified atom stereocenters. The van der Waals surface area contributed by atoms with Crippen molar-refractivity contribution >= 4 is 29.0 Å². The standard InChI is InChI=1S/C29H35N3O5/c1-5-7-16-31-23-11-9-8-10-22(23)29(28(31)36)24(26(34)27(35)32(29)18-17-30(3)4)25(33)20-12-14-21(15-13-20)37-19-6-2/h8-15,33H,5-7,16-19H2,1-4H3. The molecular formula is C29H35N3O5. The summed E-state index contributed by atoms with van der Waals surface area (Å²) in [6.45, 7) is 5.66. The number of fused-ring (bicyclic) bond motifs is 2. The van der Waals surface area contributed by atoms with Gasteiger partial charge in [0, 0.05) is 30.8 Å². The molecule has 8 heteroatoms. The molecule has 2 amide bonds. The fourth-order valence-electron chi connectivity index (χ4n) is 5.08. The maximum atomic E-state index is 14.4.